The van der Waals surface area contributed by atoms with Crippen molar-refractivity contribution in [1.29, 1.82) is 0 Å². The Balaban J connectivity index is 1.65. The number of hydrogen-bond donors (Lipinski definition) is 1. The summed E-state index contributed by atoms with van der Waals surface area (Å²) in [5, 5.41) is 10.0. The molecule has 5 nitrogen and oxygen atoms in total. The Morgan fingerprint density at radius 2 is 2.04 bits per heavy atom. The highest BCUT2D eigenvalue weighted by molar-refractivity contribution is 5.76. The first-order chi connectivity index (χ1) is 12.1. The van der Waals surface area contributed by atoms with Gasteiger partial charge in [0.15, 0.2) is 0 Å². The first-order valence-corrected chi connectivity index (χ1v) is 9.27. The second-order valence-electron chi connectivity index (χ2n) is 7.37. The summed E-state index contributed by atoms with van der Waals surface area (Å²) in [4.78, 5) is 14.6. The van der Waals surface area contributed by atoms with E-state index >= 15 is 0 Å². The van der Waals surface area contributed by atoms with Gasteiger partial charge in [-0.2, -0.15) is 0 Å². The van der Waals surface area contributed by atoms with Crippen molar-refractivity contribution in [3.8, 4) is 0 Å². The van der Waals surface area contributed by atoms with E-state index in [9.17, 15) is 9.90 Å². The lowest BCUT2D eigenvalue weighted by atomic mass is 9.90. The summed E-state index contributed by atoms with van der Waals surface area (Å²) < 4.78 is 11.4. The van der Waals surface area contributed by atoms with Gasteiger partial charge in [-0.05, 0) is 36.8 Å². The average molecular weight is 347 g/mol. The van der Waals surface area contributed by atoms with Crippen LogP contribution in [0, 0.1) is 12.8 Å². The fourth-order valence-corrected chi connectivity index (χ4v) is 3.80. The predicted molar refractivity (Wildman–Crippen MR) is 95.4 cm³/mol. The molecule has 1 amide bonds. The first-order valence-electron chi connectivity index (χ1n) is 9.27. The van der Waals surface area contributed by atoms with Crippen molar-refractivity contribution in [3.63, 3.8) is 0 Å². The van der Waals surface area contributed by atoms with E-state index in [1.807, 2.05) is 17.0 Å². The van der Waals surface area contributed by atoms with Gasteiger partial charge >= 0.3 is 0 Å². The van der Waals surface area contributed by atoms with Crippen LogP contribution in [-0.4, -0.2) is 61.0 Å². The molecule has 2 heterocycles. The van der Waals surface area contributed by atoms with Gasteiger partial charge in [-0.15, -0.1) is 0 Å². The summed E-state index contributed by atoms with van der Waals surface area (Å²) in [6.07, 6.45) is 3.13. The van der Waals surface area contributed by atoms with Crippen molar-refractivity contribution in [2.45, 2.75) is 38.2 Å². The Labute approximate surface area is 149 Å². The van der Waals surface area contributed by atoms with Gasteiger partial charge in [0.1, 0.15) is 5.60 Å². The van der Waals surface area contributed by atoms with E-state index in [2.05, 4.69) is 19.1 Å². The third-order valence-electron chi connectivity index (χ3n) is 5.47. The molecule has 0 aromatic heterocycles. The zero-order chi connectivity index (χ0) is 17.7. The zero-order valence-electron chi connectivity index (χ0n) is 15.1. The molecule has 25 heavy (non-hydrogen) atoms. The summed E-state index contributed by atoms with van der Waals surface area (Å²) >= 11 is 0. The van der Waals surface area contributed by atoms with E-state index < -0.39 is 5.60 Å². The largest absolute Gasteiger partial charge is 0.393 e. The van der Waals surface area contributed by atoms with Crippen LogP contribution in [0.25, 0.3) is 0 Å². The number of rotatable bonds is 5. The minimum Gasteiger partial charge on any atom is -0.393 e. The number of morpholine rings is 1. The maximum Gasteiger partial charge on any atom is 0.223 e. The van der Waals surface area contributed by atoms with Crippen LogP contribution in [0.3, 0.4) is 0 Å². The van der Waals surface area contributed by atoms with Gasteiger partial charge < -0.3 is 19.5 Å². The van der Waals surface area contributed by atoms with Gasteiger partial charge in [0.2, 0.25) is 5.91 Å². The molecular formula is C20H29NO4. The molecule has 1 N–H and O–H groups in total. The van der Waals surface area contributed by atoms with Crippen LogP contribution >= 0.6 is 0 Å². The lowest BCUT2D eigenvalue weighted by Gasteiger charge is -2.42. The molecule has 2 aliphatic rings. The molecule has 0 bridgehead atoms. The SMILES string of the molecule is Cc1ccccc1C[C@@]1(CO)CN(C(=O)CC2CCOCC2)CCO1. The van der Waals surface area contributed by atoms with E-state index in [1.165, 1.54) is 5.56 Å². The quantitative estimate of drug-likeness (QED) is 0.884. The average Bonchev–Trinajstić information content (AvgIpc) is 2.65. The van der Waals surface area contributed by atoms with E-state index in [0.29, 0.717) is 38.5 Å². The number of aryl methyl sites for hydroxylation is 1. The smallest absolute Gasteiger partial charge is 0.223 e. The number of amides is 1. The highest BCUT2D eigenvalue weighted by Crippen LogP contribution is 2.26. The van der Waals surface area contributed by atoms with Crippen LogP contribution in [0.15, 0.2) is 24.3 Å². The van der Waals surface area contributed by atoms with Gasteiger partial charge in [0.25, 0.3) is 0 Å². The Hall–Kier alpha value is -1.43. The molecule has 5 heteroatoms. The molecule has 2 aliphatic heterocycles. The fraction of sp³-hybridized carbons (Fsp3) is 0.650. The van der Waals surface area contributed by atoms with Crippen molar-refractivity contribution >= 4 is 5.91 Å². The van der Waals surface area contributed by atoms with E-state index in [0.717, 1.165) is 31.6 Å². The van der Waals surface area contributed by atoms with Crippen LogP contribution < -0.4 is 0 Å². The van der Waals surface area contributed by atoms with Crippen LogP contribution in [0.1, 0.15) is 30.4 Å². The Morgan fingerprint density at radius 1 is 1.28 bits per heavy atom. The molecule has 0 aliphatic carbocycles. The molecular weight excluding hydrogens is 318 g/mol. The fourth-order valence-electron chi connectivity index (χ4n) is 3.80. The number of nitrogens with zero attached hydrogens (tertiary/aromatic N) is 1. The van der Waals surface area contributed by atoms with Crippen molar-refractivity contribution in [2.24, 2.45) is 5.92 Å². The monoisotopic (exact) mass is 347 g/mol. The highest BCUT2D eigenvalue weighted by atomic mass is 16.5. The van der Waals surface area contributed by atoms with Crippen LogP contribution in [-0.2, 0) is 20.7 Å². The summed E-state index contributed by atoms with van der Waals surface area (Å²) in [6, 6.07) is 8.15. The molecule has 1 atom stereocenters. The van der Waals surface area contributed by atoms with Gasteiger partial charge in [-0.3, -0.25) is 4.79 Å². The van der Waals surface area contributed by atoms with Crippen LogP contribution in [0.5, 0.6) is 0 Å². The molecule has 0 saturated carbocycles. The summed E-state index contributed by atoms with van der Waals surface area (Å²) in [5.41, 5.74) is 1.65. The number of ether oxygens (including phenoxy) is 2. The summed E-state index contributed by atoms with van der Waals surface area (Å²) in [6.45, 7) is 5.05. The van der Waals surface area contributed by atoms with Crippen LogP contribution in [0.4, 0.5) is 0 Å². The number of hydrogen-bond acceptors (Lipinski definition) is 4. The van der Waals surface area contributed by atoms with Gasteiger partial charge in [0, 0.05) is 32.6 Å². The van der Waals surface area contributed by atoms with Crippen molar-refractivity contribution in [3.05, 3.63) is 35.4 Å². The Morgan fingerprint density at radius 3 is 2.76 bits per heavy atom. The highest BCUT2D eigenvalue weighted by Gasteiger charge is 2.38. The zero-order valence-corrected chi connectivity index (χ0v) is 15.1. The number of carbonyl (C=O) groups excluding carboxylic acids is 1. The van der Waals surface area contributed by atoms with E-state index in [-0.39, 0.29) is 12.5 Å². The lowest BCUT2D eigenvalue weighted by Crippen LogP contribution is -2.57. The third kappa shape index (κ3) is 4.60. The molecule has 1 aromatic rings. The second-order valence-corrected chi connectivity index (χ2v) is 7.37. The third-order valence-corrected chi connectivity index (χ3v) is 5.47. The molecule has 3 rings (SSSR count). The topological polar surface area (TPSA) is 59.0 Å². The van der Waals surface area contributed by atoms with Gasteiger partial charge in [0.05, 0.1) is 19.8 Å². The molecule has 1 aromatic carbocycles. The molecule has 138 valence electrons. The van der Waals surface area contributed by atoms with Gasteiger partial charge in [-0.1, -0.05) is 24.3 Å². The van der Waals surface area contributed by atoms with Gasteiger partial charge in [-0.25, -0.2) is 0 Å². The molecule has 2 fully saturated rings. The minimum absolute atomic E-state index is 0.0810. The van der Waals surface area contributed by atoms with E-state index in [4.69, 9.17) is 9.47 Å². The molecule has 0 unspecified atom stereocenters. The Kier molecular flexibility index (Phi) is 6.10. The summed E-state index contributed by atoms with van der Waals surface area (Å²) in [7, 11) is 0. The normalized spacial score (nSPS) is 25.1. The standard InChI is InChI=1S/C20H29NO4/c1-16-4-2-3-5-18(16)13-20(15-22)14-21(8-11-25-20)19(23)12-17-6-9-24-10-7-17/h2-5,17,22H,6-15H2,1H3/t20-/m0/s1. The lowest BCUT2D eigenvalue weighted by molar-refractivity contribution is -0.159. The van der Waals surface area contributed by atoms with E-state index in [1.54, 1.807) is 0 Å². The Bertz CT molecular complexity index is 585. The maximum atomic E-state index is 12.7. The predicted octanol–water partition coefficient (Wildman–Crippen LogP) is 1.94. The van der Waals surface area contributed by atoms with Crippen molar-refractivity contribution in [1.82, 2.24) is 4.90 Å². The summed E-state index contributed by atoms with van der Waals surface area (Å²) in [5.74, 6) is 0.599. The molecule has 0 radical (unpaired) electrons. The van der Waals surface area contributed by atoms with Crippen molar-refractivity contribution < 1.29 is 19.4 Å². The van der Waals surface area contributed by atoms with Crippen molar-refractivity contribution in [2.75, 3.05) is 39.5 Å². The maximum absolute atomic E-state index is 12.7. The first kappa shape index (κ1) is 18.4. The molecule has 2 saturated heterocycles. The second kappa shape index (κ2) is 8.30. The number of benzene rings is 1. The van der Waals surface area contributed by atoms with Crippen LogP contribution in [0.2, 0.25) is 0 Å². The minimum atomic E-state index is -0.699. The number of aliphatic hydroxyl groups excluding tert-OH is 1. The molecule has 0 spiro atoms. The number of carbonyl (C=O) groups is 1. The number of aliphatic hydroxyl groups is 1.